The molecule has 2 atom stereocenters. The van der Waals surface area contributed by atoms with Crippen LogP contribution in [0.2, 0.25) is 0 Å². The van der Waals surface area contributed by atoms with Crippen LogP contribution < -0.4 is 0 Å². The second kappa shape index (κ2) is 4.70. The molecule has 1 aliphatic heterocycles. The molecule has 100 valence electrons. The second-order valence-electron chi connectivity index (χ2n) is 5.42. The van der Waals surface area contributed by atoms with Gasteiger partial charge in [-0.25, -0.2) is 0 Å². The van der Waals surface area contributed by atoms with Gasteiger partial charge in [0.05, 0.1) is 5.92 Å². The van der Waals surface area contributed by atoms with Crippen molar-refractivity contribution in [2.24, 2.45) is 5.92 Å². The predicted molar refractivity (Wildman–Crippen MR) is 74.3 cm³/mol. The van der Waals surface area contributed by atoms with E-state index in [2.05, 4.69) is 9.88 Å². The summed E-state index contributed by atoms with van der Waals surface area (Å²) >= 11 is 0. The molecule has 4 nitrogen and oxygen atoms in total. The Balaban J connectivity index is 2.03. The summed E-state index contributed by atoms with van der Waals surface area (Å²) in [6, 6.07) is 7.90. The molecular formula is C15H18N2O2. The van der Waals surface area contributed by atoms with E-state index in [0.717, 1.165) is 36.0 Å². The third-order valence-corrected chi connectivity index (χ3v) is 4.12. The summed E-state index contributed by atoms with van der Waals surface area (Å²) in [7, 11) is 2.05. The summed E-state index contributed by atoms with van der Waals surface area (Å²) < 4.78 is 0. The van der Waals surface area contributed by atoms with Gasteiger partial charge in [-0.1, -0.05) is 18.2 Å². The largest absolute Gasteiger partial charge is 0.481 e. The fourth-order valence-corrected chi connectivity index (χ4v) is 3.18. The summed E-state index contributed by atoms with van der Waals surface area (Å²) in [6.07, 6.45) is 2.81. The maximum absolute atomic E-state index is 11.7. The van der Waals surface area contributed by atoms with Crippen molar-refractivity contribution in [2.75, 3.05) is 20.1 Å². The van der Waals surface area contributed by atoms with Crippen LogP contribution in [0.4, 0.5) is 0 Å². The Labute approximate surface area is 112 Å². The van der Waals surface area contributed by atoms with Crippen LogP contribution in [-0.2, 0) is 4.79 Å². The molecule has 1 aromatic heterocycles. The fraction of sp³-hybridized carbons (Fsp3) is 0.400. The Hall–Kier alpha value is -1.81. The van der Waals surface area contributed by atoms with Crippen LogP contribution in [0.1, 0.15) is 17.9 Å². The number of H-pyrrole nitrogens is 1. The quantitative estimate of drug-likeness (QED) is 0.888. The summed E-state index contributed by atoms with van der Waals surface area (Å²) in [5.74, 6) is -0.937. The molecule has 19 heavy (non-hydrogen) atoms. The number of fused-ring (bicyclic) bond motifs is 1. The molecule has 2 unspecified atom stereocenters. The van der Waals surface area contributed by atoms with Gasteiger partial charge < -0.3 is 15.0 Å². The number of likely N-dealkylation sites (tertiary alicyclic amines) is 1. The number of hydrogen-bond donors (Lipinski definition) is 2. The first-order valence-corrected chi connectivity index (χ1v) is 6.64. The van der Waals surface area contributed by atoms with Crippen LogP contribution in [0.3, 0.4) is 0 Å². The minimum atomic E-state index is -0.718. The van der Waals surface area contributed by atoms with Crippen molar-refractivity contribution in [3.63, 3.8) is 0 Å². The average Bonchev–Trinajstić information content (AvgIpc) is 2.98. The molecule has 2 heterocycles. The lowest BCUT2D eigenvalue weighted by Gasteiger charge is -2.19. The van der Waals surface area contributed by atoms with E-state index in [1.165, 1.54) is 0 Å². The van der Waals surface area contributed by atoms with Crippen molar-refractivity contribution < 1.29 is 9.90 Å². The summed E-state index contributed by atoms with van der Waals surface area (Å²) in [5.41, 5.74) is 1.93. The highest BCUT2D eigenvalue weighted by atomic mass is 16.4. The third kappa shape index (κ3) is 2.12. The van der Waals surface area contributed by atoms with E-state index in [4.69, 9.17) is 0 Å². The molecule has 2 aromatic rings. The fourth-order valence-electron chi connectivity index (χ4n) is 3.18. The highest BCUT2D eigenvalue weighted by Crippen LogP contribution is 2.35. The van der Waals surface area contributed by atoms with Gasteiger partial charge in [0.2, 0.25) is 0 Å². The first kappa shape index (κ1) is 12.2. The molecule has 0 spiro atoms. The van der Waals surface area contributed by atoms with E-state index >= 15 is 0 Å². The molecule has 0 amide bonds. The highest BCUT2D eigenvalue weighted by Gasteiger charge is 2.35. The van der Waals surface area contributed by atoms with Crippen LogP contribution >= 0.6 is 0 Å². The van der Waals surface area contributed by atoms with Gasteiger partial charge >= 0.3 is 5.97 Å². The van der Waals surface area contributed by atoms with Gasteiger partial charge in [0.15, 0.2) is 0 Å². The molecule has 1 fully saturated rings. The molecule has 0 radical (unpaired) electrons. The normalized spacial score (nSPS) is 21.8. The van der Waals surface area contributed by atoms with Gasteiger partial charge in [0.25, 0.3) is 0 Å². The zero-order chi connectivity index (χ0) is 13.4. The molecule has 0 bridgehead atoms. The number of aliphatic carboxylic acids is 1. The van der Waals surface area contributed by atoms with E-state index in [9.17, 15) is 9.90 Å². The number of hydrogen-bond acceptors (Lipinski definition) is 2. The van der Waals surface area contributed by atoms with Gasteiger partial charge in [-0.3, -0.25) is 4.79 Å². The number of rotatable bonds is 3. The Kier molecular flexibility index (Phi) is 3.03. The van der Waals surface area contributed by atoms with E-state index in [1.807, 2.05) is 37.5 Å². The van der Waals surface area contributed by atoms with Gasteiger partial charge in [-0.2, -0.15) is 0 Å². The summed E-state index contributed by atoms with van der Waals surface area (Å²) in [6.45, 7) is 1.84. The zero-order valence-electron chi connectivity index (χ0n) is 11.0. The van der Waals surface area contributed by atoms with Crippen LogP contribution in [0.5, 0.6) is 0 Å². The first-order valence-electron chi connectivity index (χ1n) is 6.64. The number of para-hydroxylation sites is 1. The second-order valence-corrected chi connectivity index (χ2v) is 5.42. The number of aromatic nitrogens is 1. The number of nitrogens with zero attached hydrogens (tertiary/aromatic N) is 1. The van der Waals surface area contributed by atoms with Gasteiger partial charge in [0, 0.05) is 23.6 Å². The molecule has 0 saturated carbocycles. The smallest absolute Gasteiger partial charge is 0.311 e. The van der Waals surface area contributed by atoms with Crippen LogP contribution in [0.15, 0.2) is 30.5 Å². The van der Waals surface area contributed by atoms with Crippen molar-refractivity contribution in [1.29, 1.82) is 0 Å². The van der Waals surface area contributed by atoms with Crippen molar-refractivity contribution in [1.82, 2.24) is 9.88 Å². The maximum Gasteiger partial charge on any atom is 0.311 e. The van der Waals surface area contributed by atoms with E-state index in [-0.39, 0.29) is 5.92 Å². The monoisotopic (exact) mass is 258 g/mol. The SMILES string of the molecule is CN1CCC(C(C(=O)O)c2c[nH]c3ccccc23)C1. The molecule has 4 heteroatoms. The number of carboxylic acids is 1. The lowest BCUT2D eigenvalue weighted by atomic mass is 9.85. The number of carboxylic acid groups (broad SMARTS) is 1. The molecule has 1 aromatic carbocycles. The Bertz CT molecular complexity index is 605. The van der Waals surface area contributed by atoms with Crippen LogP contribution in [0.25, 0.3) is 10.9 Å². The van der Waals surface area contributed by atoms with Crippen LogP contribution in [0, 0.1) is 5.92 Å². The van der Waals surface area contributed by atoms with Crippen molar-refractivity contribution in [2.45, 2.75) is 12.3 Å². The lowest BCUT2D eigenvalue weighted by molar-refractivity contribution is -0.140. The Morgan fingerprint density at radius 3 is 2.95 bits per heavy atom. The molecule has 0 aliphatic carbocycles. The summed E-state index contributed by atoms with van der Waals surface area (Å²) in [5, 5.41) is 10.7. The maximum atomic E-state index is 11.7. The zero-order valence-corrected chi connectivity index (χ0v) is 11.0. The number of aromatic amines is 1. The molecule has 2 N–H and O–H groups in total. The van der Waals surface area contributed by atoms with Crippen molar-refractivity contribution >= 4 is 16.9 Å². The number of carbonyl (C=O) groups is 1. The van der Waals surface area contributed by atoms with Crippen molar-refractivity contribution in [3.05, 3.63) is 36.0 Å². The van der Waals surface area contributed by atoms with Gasteiger partial charge in [-0.05, 0) is 37.6 Å². The molecule has 3 rings (SSSR count). The topological polar surface area (TPSA) is 56.3 Å². The summed E-state index contributed by atoms with van der Waals surface area (Å²) in [4.78, 5) is 17.1. The number of nitrogens with one attached hydrogen (secondary N) is 1. The molecular weight excluding hydrogens is 240 g/mol. The molecule has 1 aliphatic rings. The van der Waals surface area contributed by atoms with E-state index in [0.29, 0.717) is 0 Å². The van der Waals surface area contributed by atoms with E-state index < -0.39 is 11.9 Å². The predicted octanol–water partition coefficient (Wildman–Crippen LogP) is 2.29. The van der Waals surface area contributed by atoms with Gasteiger partial charge in [-0.15, -0.1) is 0 Å². The first-order chi connectivity index (χ1) is 9.16. The Morgan fingerprint density at radius 2 is 2.26 bits per heavy atom. The minimum absolute atomic E-state index is 0.196. The van der Waals surface area contributed by atoms with Gasteiger partial charge in [0.1, 0.15) is 0 Å². The number of benzene rings is 1. The lowest BCUT2D eigenvalue weighted by Crippen LogP contribution is -2.24. The molecule has 1 saturated heterocycles. The standard InChI is InChI=1S/C15H18N2O2/c1-17-7-6-10(9-17)14(15(18)19)12-8-16-13-5-3-2-4-11(12)13/h2-5,8,10,14,16H,6-7,9H2,1H3,(H,18,19). The third-order valence-electron chi connectivity index (χ3n) is 4.12. The van der Waals surface area contributed by atoms with Crippen molar-refractivity contribution in [3.8, 4) is 0 Å². The van der Waals surface area contributed by atoms with E-state index in [1.54, 1.807) is 0 Å². The Morgan fingerprint density at radius 1 is 1.47 bits per heavy atom. The average molecular weight is 258 g/mol. The highest BCUT2D eigenvalue weighted by molar-refractivity contribution is 5.89. The minimum Gasteiger partial charge on any atom is -0.481 e. The van der Waals surface area contributed by atoms with Crippen LogP contribution in [-0.4, -0.2) is 41.1 Å².